The number of sulfonamides is 1. The van der Waals surface area contributed by atoms with Gasteiger partial charge in [0.05, 0.1) is 24.2 Å². The molecule has 1 saturated heterocycles. The van der Waals surface area contributed by atoms with Crippen molar-refractivity contribution in [3.63, 3.8) is 0 Å². The molecule has 0 saturated carbocycles. The quantitative estimate of drug-likeness (QED) is 0.680. The van der Waals surface area contributed by atoms with Crippen molar-refractivity contribution in [2.45, 2.75) is 30.6 Å². The molecule has 1 N–H and O–H groups in total. The van der Waals surface area contributed by atoms with Gasteiger partial charge in [-0.15, -0.1) is 0 Å². The second-order valence-corrected chi connectivity index (χ2v) is 8.79. The van der Waals surface area contributed by atoms with Gasteiger partial charge >= 0.3 is 0 Å². The van der Waals surface area contributed by atoms with Crippen LogP contribution in [0, 0.1) is 5.92 Å². The molecule has 0 radical (unpaired) electrons. The number of hydrogen-bond donors (Lipinski definition) is 1. The Morgan fingerprint density at radius 1 is 1.29 bits per heavy atom. The normalized spacial score (nSPS) is 18.0. The molecule has 2 heterocycles. The largest absolute Gasteiger partial charge is 0.497 e. The number of nitrogens with one attached hydrogen (secondary N) is 1. The van der Waals surface area contributed by atoms with Crippen molar-refractivity contribution in [3.05, 3.63) is 48.4 Å². The molecule has 1 fully saturated rings. The molecule has 1 aliphatic rings. The van der Waals surface area contributed by atoms with Crippen LogP contribution in [0.25, 0.3) is 0 Å². The third kappa shape index (κ3) is 4.94. The third-order valence-electron chi connectivity index (χ3n) is 4.93. The lowest BCUT2D eigenvalue weighted by Crippen LogP contribution is -2.45. The van der Waals surface area contributed by atoms with Crippen molar-refractivity contribution in [3.8, 4) is 5.75 Å². The predicted octanol–water partition coefficient (Wildman–Crippen LogP) is 2.44. The Morgan fingerprint density at radius 2 is 2.07 bits per heavy atom. The summed E-state index contributed by atoms with van der Waals surface area (Å²) in [4.78, 5) is 12.7. The van der Waals surface area contributed by atoms with Crippen LogP contribution in [-0.4, -0.2) is 45.4 Å². The van der Waals surface area contributed by atoms with Crippen molar-refractivity contribution >= 4 is 15.9 Å². The number of methoxy groups -OCH3 is 1. The minimum absolute atomic E-state index is 0.0888. The Hall–Kier alpha value is -2.32. The molecule has 1 unspecified atom stereocenters. The number of nitrogens with zero attached hydrogens (tertiary/aromatic N) is 1. The first-order valence-corrected chi connectivity index (χ1v) is 10.9. The van der Waals surface area contributed by atoms with Crippen molar-refractivity contribution in [2.24, 2.45) is 5.92 Å². The van der Waals surface area contributed by atoms with Crippen LogP contribution in [0.15, 0.2) is 52.0 Å². The Labute approximate surface area is 165 Å². The predicted molar refractivity (Wildman–Crippen MR) is 105 cm³/mol. The monoisotopic (exact) mass is 406 g/mol. The van der Waals surface area contributed by atoms with Crippen LogP contribution in [0.5, 0.6) is 5.75 Å². The minimum Gasteiger partial charge on any atom is -0.497 e. The van der Waals surface area contributed by atoms with Crippen LogP contribution in [-0.2, 0) is 21.2 Å². The van der Waals surface area contributed by atoms with Gasteiger partial charge in [-0.1, -0.05) is 0 Å². The highest BCUT2D eigenvalue weighted by Gasteiger charge is 2.33. The number of carbonyl (C=O) groups is 1. The molecule has 7 nitrogen and oxygen atoms in total. The molecule has 0 aliphatic carbocycles. The summed E-state index contributed by atoms with van der Waals surface area (Å²) in [6.07, 6.45) is 4.53. The summed E-state index contributed by atoms with van der Waals surface area (Å²) in [5.41, 5.74) is 0. The van der Waals surface area contributed by atoms with Gasteiger partial charge in [0.15, 0.2) is 0 Å². The van der Waals surface area contributed by atoms with Gasteiger partial charge < -0.3 is 14.5 Å². The molecule has 0 bridgehead atoms. The van der Waals surface area contributed by atoms with E-state index in [0.717, 1.165) is 18.6 Å². The molecule has 0 spiro atoms. The SMILES string of the molecule is COc1ccc(S(=O)(=O)N2CCCC(C(=O)NCCCc3ccco3)C2)cc1. The number of rotatable bonds is 8. The summed E-state index contributed by atoms with van der Waals surface area (Å²) in [6, 6.07) is 10.1. The summed E-state index contributed by atoms with van der Waals surface area (Å²) < 4.78 is 37.5. The van der Waals surface area contributed by atoms with Crippen molar-refractivity contribution in [1.82, 2.24) is 9.62 Å². The molecule has 1 atom stereocenters. The maximum Gasteiger partial charge on any atom is 0.243 e. The van der Waals surface area contributed by atoms with Gasteiger partial charge in [0.25, 0.3) is 0 Å². The zero-order chi connectivity index (χ0) is 20.0. The van der Waals surface area contributed by atoms with E-state index in [2.05, 4.69) is 5.32 Å². The summed E-state index contributed by atoms with van der Waals surface area (Å²) in [6.45, 7) is 1.18. The van der Waals surface area contributed by atoms with Crippen LogP contribution < -0.4 is 10.1 Å². The highest BCUT2D eigenvalue weighted by molar-refractivity contribution is 7.89. The Morgan fingerprint density at radius 3 is 2.75 bits per heavy atom. The molecule has 8 heteroatoms. The standard InChI is InChI=1S/C20H26N2O5S/c1-26-17-8-10-19(11-9-17)28(24,25)22-13-3-5-16(15-22)20(23)21-12-2-6-18-7-4-14-27-18/h4,7-11,14,16H,2-3,5-6,12-13,15H2,1H3,(H,21,23). The fourth-order valence-electron chi connectivity index (χ4n) is 3.34. The zero-order valence-corrected chi connectivity index (χ0v) is 16.8. The van der Waals surface area contributed by atoms with Crippen LogP contribution >= 0.6 is 0 Å². The van der Waals surface area contributed by atoms with E-state index in [1.165, 1.54) is 23.5 Å². The number of hydrogen-bond acceptors (Lipinski definition) is 5. The lowest BCUT2D eigenvalue weighted by atomic mass is 9.99. The van der Waals surface area contributed by atoms with Gasteiger partial charge in [0.1, 0.15) is 11.5 Å². The number of benzene rings is 1. The summed E-state index contributed by atoms with van der Waals surface area (Å²) >= 11 is 0. The van der Waals surface area contributed by atoms with Crippen LogP contribution in [0.1, 0.15) is 25.0 Å². The summed E-state index contributed by atoms with van der Waals surface area (Å²) in [5.74, 6) is 1.08. The summed E-state index contributed by atoms with van der Waals surface area (Å²) in [7, 11) is -2.09. The number of furan rings is 1. The lowest BCUT2D eigenvalue weighted by molar-refractivity contribution is -0.126. The molecular weight excluding hydrogens is 380 g/mol. The zero-order valence-electron chi connectivity index (χ0n) is 16.0. The average molecular weight is 407 g/mol. The smallest absolute Gasteiger partial charge is 0.243 e. The first-order valence-electron chi connectivity index (χ1n) is 9.45. The topological polar surface area (TPSA) is 88.9 Å². The van der Waals surface area contributed by atoms with Crippen molar-refractivity contribution in [1.29, 1.82) is 0 Å². The van der Waals surface area contributed by atoms with Gasteiger partial charge in [-0.2, -0.15) is 4.31 Å². The second-order valence-electron chi connectivity index (χ2n) is 6.85. The van der Waals surface area contributed by atoms with E-state index in [1.54, 1.807) is 18.4 Å². The van der Waals surface area contributed by atoms with E-state index in [9.17, 15) is 13.2 Å². The molecule has 1 aromatic carbocycles. The van der Waals surface area contributed by atoms with Crippen LogP contribution in [0.4, 0.5) is 0 Å². The van der Waals surface area contributed by atoms with E-state index < -0.39 is 10.0 Å². The number of amides is 1. The van der Waals surface area contributed by atoms with Crippen LogP contribution in [0.3, 0.4) is 0 Å². The third-order valence-corrected chi connectivity index (χ3v) is 6.81. The van der Waals surface area contributed by atoms with Crippen molar-refractivity contribution in [2.75, 3.05) is 26.7 Å². The Kier molecular flexibility index (Phi) is 6.74. The highest BCUT2D eigenvalue weighted by atomic mass is 32.2. The molecule has 1 aliphatic heterocycles. The summed E-state index contributed by atoms with van der Waals surface area (Å²) in [5, 5.41) is 2.92. The molecule has 1 aromatic heterocycles. The van der Waals surface area contributed by atoms with Crippen LogP contribution in [0.2, 0.25) is 0 Å². The molecule has 1 amide bonds. The Balaban J connectivity index is 1.54. The van der Waals surface area contributed by atoms with Gasteiger partial charge in [-0.05, 0) is 55.7 Å². The number of aryl methyl sites for hydroxylation is 1. The van der Waals surface area contributed by atoms with Gasteiger partial charge in [-0.3, -0.25) is 4.79 Å². The van der Waals surface area contributed by atoms with E-state index >= 15 is 0 Å². The highest BCUT2D eigenvalue weighted by Crippen LogP contribution is 2.25. The van der Waals surface area contributed by atoms with E-state index in [4.69, 9.17) is 9.15 Å². The van der Waals surface area contributed by atoms with E-state index in [0.29, 0.717) is 31.7 Å². The maximum absolute atomic E-state index is 12.9. The number of carbonyl (C=O) groups excluding carboxylic acids is 1. The average Bonchev–Trinajstić information content (AvgIpc) is 3.24. The van der Waals surface area contributed by atoms with E-state index in [1.807, 2.05) is 12.1 Å². The molecule has 152 valence electrons. The number of piperidine rings is 1. The lowest BCUT2D eigenvalue weighted by Gasteiger charge is -2.31. The van der Waals surface area contributed by atoms with Crippen molar-refractivity contribution < 1.29 is 22.4 Å². The molecule has 28 heavy (non-hydrogen) atoms. The van der Waals surface area contributed by atoms with Gasteiger partial charge in [-0.25, -0.2) is 8.42 Å². The molecule has 2 aromatic rings. The fourth-order valence-corrected chi connectivity index (χ4v) is 4.87. The minimum atomic E-state index is -3.62. The first kappa shape index (κ1) is 20.4. The number of ether oxygens (including phenoxy) is 1. The fraction of sp³-hybridized carbons (Fsp3) is 0.450. The first-order chi connectivity index (χ1) is 13.5. The second kappa shape index (κ2) is 9.25. The van der Waals surface area contributed by atoms with E-state index in [-0.39, 0.29) is 23.3 Å². The van der Waals surface area contributed by atoms with Gasteiger partial charge in [0, 0.05) is 26.1 Å². The molecule has 3 rings (SSSR count). The maximum atomic E-state index is 12.9. The molecular formula is C20H26N2O5S. The Bertz CT molecular complexity index is 863. The van der Waals surface area contributed by atoms with Gasteiger partial charge in [0.2, 0.25) is 15.9 Å².